The molecule has 0 bridgehead atoms. The Morgan fingerprint density at radius 2 is 2.22 bits per heavy atom. The molecule has 9 nitrogen and oxygen atoms in total. The normalized spacial score (nSPS) is 17.8. The molecule has 0 spiro atoms. The zero-order valence-corrected chi connectivity index (χ0v) is 13.9. The second-order valence-electron chi connectivity index (χ2n) is 5.45. The number of carboxylic acid groups (broad SMARTS) is 1. The number of fused-ring (bicyclic) bond motifs is 1. The molecule has 0 radical (unpaired) electrons. The Morgan fingerprint density at radius 1 is 1.48 bits per heavy atom. The summed E-state index contributed by atoms with van der Waals surface area (Å²) in [4.78, 5) is 41.3. The van der Waals surface area contributed by atoms with Crippen molar-refractivity contribution in [1.29, 1.82) is 0 Å². The molecule has 3 heterocycles. The fraction of sp³-hybridized carbons (Fsp3) is 0.462. The van der Waals surface area contributed by atoms with Crippen molar-refractivity contribution in [3.8, 4) is 0 Å². The van der Waals surface area contributed by atoms with E-state index < -0.39 is 11.9 Å². The molecule has 1 fully saturated rings. The highest BCUT2D eigenvalue weighted by atomic mass is 79.9. The van der Waals surface area contributed by atoms with E-state index in [1.54, 1.807) is 7.05 Å². The van der Waals surface area contributed by atoms with Gasteiger partial charge in [0.2, 0.25) is 5.91 Å². The molecule has 1 amide bonds. The molecule has 10 heteroatoms. The van der Waals surface area contributed by atoms with Crippen LogP contribution in [0, 0.1) is 5.92 Å². The van der Waals surface area contributed by atoms with Crippen LogP contribution in [0.5, 0.6) is 0 Å². The number of nitrogens with zero attached hydrogens (tertiary/aromatic N) is 5. The maximum absolute atomic E-state index is 12.5. The third-order valence-corrected chi connectivity index (χ3v) is 4.52. The van der Waals surface area contributed by atoms with E-state index in [9.17, 15) is 14.4 Å². The molecule has 1 N–H and O–H groups in total. The third-order valence-electron chi connectivity index (χ3n) is 3.96. The fourth-order valence-electron chi connectivity index (χ4n) is 2.68. The molecule has 0 aromatic carbocycles. The van der Waals surface area contributed by atoms with E-state index in [4.69, 9.17) is 5.11 Å². The summed E-state index contributed by atoms with van der Waals surface area (Å²) in [5, 5.41) is 13.4. The van der Waals surface area contributed by atoms with Crippen LogP contribution >= 0.6 is 15.9 Å². The SMILES string of the molecule is Cn1nc(Br)c2c(=O)n(CC(=O)N3CC[C@@H](C(=O)O)C3)cnc21. The Morgan fingerprint density at radius 3 is 2.87 bits per heavy atom. The number of hydrogen-bond donors (Lipinski definition) is 1. The van der Waals surface area contributed by atoms with Crippen molar-refractivity contribution in [1.82, 2.24) is 24.2 Å². The highest BCUT2D eigenvalue weighted by molar-refractivity contribution is 9.10. The second kappa shape index (κ2) is 5.76. The van der Waals surface area contributed by atoms with Crippen molar-refractivity contribution in [2.45, 2.75) is 13.0 Å². The van der Waals surface area contributed by atoms with Crippen molar-refractivity contribution >= 4 is 38.8 Å². The van der Waals surface area contributed by atoms with E-state index in [-0.39, 0.29) is 24.6 Å². The maximum Gasteiger partial charge on any atom is 0.308 e. The molecule has 0 saturated carbocycles. The summed E-state index contributed by atoms with van der Waals surface area (Å²) in [5.41, 5.74) is 0.0648. The van der Waals surface area contributed by atoms with Crippen LogP contribution in [0.4, 0.5) is 0 Å². The predicted molar refractivity (Wildman–Crippen MR) is 82.8 cm³/mol. The molecule has 1 aliphatic rings. The Kier molecular flexibility index (Phi) is 3.92. The van der Waals surface area contributed by atoms with E-state index in [2.05, 4.69) is 26.0 Å². The summed E-state index contributed by atoms with van der Waals surface area (Å²) in [6.07, 6.45) is 1.74. The molecule has 2 aromatic heterocycles. The first-order chi connectivity index (χ1) is 10.9. The topological polar surface area (TPSA) is 110 Å². The van der Waals surface area contributed by atoms with Gasteiger partial charge in [0, 0.05) is 20.1 Å². The van der Waals surface area contributed by atoms with Gasteiger partial charge in [-0.05, 0) is 22.4 Å². The van der Waals surface area contributed by atoms with E-state index >= 15 is 0 Å². The lowest BCUT2D eigenvalue weighted by Gasteiger charge is -2.16. The molecule has 1 aliphatic heterocycles. The number of carbonyl (C=O) groups is 2. The number of carbonyl (C=O) groups excluding carboxylic acids is 1. The summed E-state index contributed by atoms with van der Waals surface area (Å²) in [6, 6.07) is 0. The van der Waals surface area contributed by atoms with E-state index in [1.807, 2.05) is 0 Å². The van der Waals surface area contributed by atoms with Crippen LogP contribution < -0.4 is 5.56 Å². The first-order valence-corrected chi connectivity index (χ1v) is 7.76. The van der Waals surface area contributed by atoms with Gasteiger partial charge in [-0.2, -0.15) is 5.10 Å². The van der Waals surface area contributed by atoms with Gasteiger partial charge in [-0.1, -0.05) is 0 Å². The molecule has 0 unspecified atom stereocenters. The summed E-state index contributed by atoms with van der Waals surface area (Å²) in [5.74, 6) is -1.74. The van der Waals surface area contributed by atoms with Gasteiger partial charge < -0.3 is 10.0 Å². The molecular formula is C13H14BrN5O4. The average molecular weight is 384 g/mol. The van der Waals surface area contributed by atoms with Crippen LogP contribution in [-0.2, 0) is 23.2 Å². The fourth-order valence-corrected chi connectivity index (χ4v) is 3.27. The smallest absolute Gasteiger partial charge is 0.308 e. The largest absolute Gasteiger partial charge is 0.481 e. The zero-order chi connectivity index (χ0) is 16.7. The molecule has 1 saturated heterocycles. The quantitative estimate of drug-likeness (QED) is 0.787. The minimum Gasteiger partial charge on any atom is -0.481 e. The van der Waals surface area contributed by atoms with Gasteiger partial charge >= 0.3 is 5.97 Å². The second-order valence-corrected chi connectivity index (χ2v) is 6.21. The molecular weight excluding hydrogens is 370 g/mol. The lowest BCUT2D eigenvalue weighted by atomic mass is 10.1. The van der Waals surface area contributed by atoms with Gasteiger partial charge in [0.25, 0.3) is 5.56 Å². The van der Waals surface area contributed by atoms with E-state index in [1.165, 1.54) is 20.5 Å². The minimum atomic E-state index is -0.903. The number of hydrogen-bond acceptors (Lipinski definition) is 5. The first kappa shape index (κ1) is 15.7. The monoisotopic (exact) mass is 383 g/mol. The zero-order valence-electron chi connectivity index (χ0n) is 12.3. The molecule has 23 heavy (non-hydrogen) atoms. The number of carboxylic acids is 1. The van der Waals surface area contributed by atoms with E-state index in [0.717, 1.165) is 0 Å². The number of aryl methyl sites for hydroxylation is 1. The molecule has 3 rings (SSSR count). The number of halogens is 1. The summed E-state index contributed by atoms with van der Waals surface area (Å²) < 4.78 is 3.07. The minimum absolute atomic E-state index is 0.171. The van der Waals surface area contributed by atoms with Crippen LogP contribution in [0.3, 0.4) is 0 Å². The highest BCUT2D eigenvalue weighted by Crippen LogP contribution is 2.18. The highest BCUT2D eigenvalue weighted by Gasteiger charge is 2.31. The number of aliphatic carboxylic acids is 1. The van der Waals surface area contributed by atoms with Crippen molar-refractivity contribution < 1.29 is 14.7 Å². The Hall–Kier alpha value is -2.23. The Labute approximate surface area is 138 Å². The van der Waals surface area contributed by atoms with Crippen LogP contribution in [0.1, 0.15) is 6.42 Å². The average Bonchev–Trinajstić information content (AvgIpc) is 3.08. The third kappa shape index (κ3) is 2.74. The standard InChI is InChI=1S/C13H14BrN5O4/c1-17-11-9(10(14)16-17)12(21)19(6-15-11)5-8(20)18-3-2-7(4-18)13(22)23/h6-7H,2-5H2,1H3,(H,22,23)/t7-/m1/s1. The molecule has 0 aliphatic carbocycles. The number of likely N-dealkylation sites (tertiary alicyclic amines) is 1. The van der Waals surface area contributed by atoms with Crippen molar-refractivity contribution in [2.75, 3.05) is 13.1 Å². The van der Waals surface area contributed by atoms with Gasteiger partial charge in [-0.15, -0.1) is 0 Å². The first-order valence-electron chi connectivity index (χ1n) is 6.96. The number of aromatic nitrogens is 4. The molecule has 122 valence electrons. The summed E-state index contributed by atoms with van der Waals surface area (Å²) in [7, 11) is 1.67. The van der Waals surface area contributed by atoms with Gasteiger partial charge in [-0.25, -0.2) is 9.67 Å². The van der Waals surface area contributed by atoms with Crippen molar-refractivity contribution in [3.63, 3.8) is 0 Å². The van der Waals surface area contributed by atoms with Crippen molar-refractivity contribution in [2.24, 2.45) is 13.0 Å². The Balaban J connectivity index is 1.83. The van der Waals surface area contributed by atoms with Gasteiger partial charge in [0.1, 0.15) is 22.9 Å². The number of amides is 1. The maximum atomic E-state index is 12.5. The summed E-state index contributed by atoms with van der Waals surface area (Å²) >= 11 is 3.21. The van der Waals surface area contributed by atoms with Crippen molar-refractivity contribution in [3.05, 3.63) is 21.3 Å². The van der Waals surface area contributed by atoms with Crippen LogP contribution in [0.15, 0.2) is 15.7 Å². The number of rotatable bonds is 3. The summed E-state index contributed by atoms with van der Waals surface area (Å²) in [6.45, 7) is 0.390. The van der Waals surface area contributed by atoms with Crippen LogP contribution in [0.2, 0.25) is 0 Å². The van der Waals surface area contributed by atoms with Crippen LogP contribution in [0.25, 0.3) is 11.0 Å². The van der Waals surface area contributed by atoms with Gasteiger partial charge in [0.15, 0.2) is 5.65 Å². The predicted octanol–water partition coefficient (Wildman–Crippen LogP) is -0.174. The van der Waals surface area contributed by atoms with Crippen LogP contribution in [-0.4, -0.2) is 54.3 Å². The van der Waals surface area contributed by atoms with Gasteiger partial charge in [-0.3, -0.25) is 19.0 Å². The lowest BCUT2D eigenvalue weighted by molar-refractivity contribution is -0.141. The molecule has 2 aromatic rings. The lowest BCUT2D eigenvalue weighted by Crippen LogP contribution is -2.35. The van der Waals surface area contributed by atoms with Gasteiger partial charge in [0.05, 0.1) is 5.92 Å². The Bertz CT molecular complexity index is 858. The van der Waals surface area contributed by atoms with E-state index in [0.29, 0.717) is 28.6 Å². The molecule has 1 atom stereocenters.